The van der Waals surface area contributed by atoms with Gasteiger partial charge in [-0.1, -0.05) is 6.07 Å². The van der Waals surface area contributed by atoms with Crippen LogP contribution in [-0.2, 0) is 11.2 Å². The third-order valence-electron chi connectivity index (χ3n) is 3.92. The molecule has 2 aromatic rings. The number of aromatic amines is 1. The molecule has 0 fully saturated rings. The van der Waals surface area contributed by atoms with Gasteiger partial charge in [-0.3, -0.25) is 9.59 Å². The van der Waals surface area contributed by atoms with E-state index in [-0.39, 0.29) is 17.5 Å². The van der Waals surface area contributed by atoms with E-state index in [1.165, 1.54) is 17.4 Å². The van der Waals surface area contributed by atoms with Crippen molar-refractivity contribution in [3.63, 3.8) is 0 Å². The quantitative estimate of drug-likeness (QED) is 0.629. The topological polar surface area (TPSA) is 116 Å². The number of urea groups is 1. The Bertz CT molecular complexity index is 917. The van der Waals surface area contributed by atoms with Gasteiger partial charge in [0, 0.05) is 35.3 Å². The second-order valence-electron chi connectivity index (χ2n) is 5.91. The van der Waals surface area contributed by atoms with E-state index < -0.39 is 6.04 Å². The lowest BCUT2D eigenvalue weighted by atomic mass is 10.0. The minimum atomic E-state index is -0.483. The molecule has 136 valence electrons. The number of carbonyl (C=O) groups is 2. The van der Waals surface area contributed by atoms with Gasteiger partial charge in [0.05, 0.1) is 11.6 Å². The van der Waals surface area contributed by atoms with Crippen LogP contribution in [0.4, 0.5) is 4.79 Å². The molecule has 3 heterocycles. The van der Waals surface area contributed by atoms with Crippen molar-refractivity contribution < 1.29 is 9.59 Å². The van der Waals surface area contributed by atoms with Gasteiger partial charge < -0.3 is 20.9 Å². The molecular weight excluding hydrogens is 354 g/mol. The molecule has 1 atom stereocenters. The fourth-order valence-corrected chi connectivity index (χ4v) is 3.62. The van der Waals surface area contributed by atoms with Crippen LogP contribution in [0.25, 0.3) is 0 Å². The number of amides is 3. The first kappa shape index (κ1) is 17.9. The summed E-state index contributed by atoms with van der Waals surface area (Å²) in [5.74, 6) is 0.268. The van der Waals surface area contributed by atoms with Crippen molar-refractivity contribution in [3.05, 3.63) is 61.6 Å². The Morgan fingerprint density at radius 3 is 2.85 bits per heavy atom. The Morgan fingerprint density at radius 2 is 2.15 bits per heavy atom. The van der Waals surface area contributed by atoms with Crippen LogP contribution >= 0.6 is 11.3 Å². The number of aromatic nitrogens is 2. The van der Waals surface area contributed by atoms with Gasteiger partial charge in [-0.05, 0) is 25.3 Å². The lowest BCUT2D eigenvalue weighted by Gasteiger charge is -2.27. The molecule has 4 N–H and O–H groups in total. The highest BCUT2D eigenvalue weighted by atomic mass is 32.1. The average molecular weight is 373 g/mol. The summed E-state index contributed by atoms with van der Waals surface area (Å²) in [5.41, 5.74) is 1.40. The first-order valence-electron chi connectivity index (χ1n) is 8.11. The monoisotopic (exact) mass is 373 g/mol. The van der Waals surface area contributed by atoms with E-state index in [9.17, 15) is 14.4 Å². The molecule has 3 amide bonds. The van der Waals surface area contributed by atoms with Crippen LogP contribution in [0.5, 0.6) is 0 Å². The highest BCUT2D eigenvalue weighted by Gasteiger charge is 2.31. The van der Waals surface area contributed by atoms with Crippen molar-refractivity contribution in [1.82, 2.24) is 25.9 Å². The molecule has 3 rings (SSSR count). The van der Waals surface area contributed by atoms with Crippen molar-refractivity contribution >= 4 is 23.3 Å². The highest BCUT2D eigenvalue weighted by molar-refractivity contribution is 7.10. The number of rotatable bonds is 5. The van der Waals surface area contributed by atoms with Crippen LogP contribution in [0.3, 0.4) is 0 Å². The van der Waals surface area contributed by atoms with Crippen molar-refractivity contribution in [3.8, 4) is 0 Å². The maximum absolute atomic E-state index is 12.7. The smallest absolute Gasteiger partial charge is 0.319 e. The molecule has 8 nitrogen and oxygen atoms in total. The van der Waals surface area contributed by atoms with Crippen LogP contribution in [0, 0.1) is 6.92 Å². The number of thiophene rings is 1. The van der Waals surface area contributed by atoms with E-state index in [0.717, 1.165) is 4.88 Å². The molecule has 0 bridgehead atoms. The van der Waals surface area contributed by atoms with Gasteiger partial charge in [0.2, 0.25) is 0 Å². The molecule has 0 aliphatic carbocycles. The molecule has 0 radical (unpaired) electrons. The summed E-state index contributed by atoms with van der Waals surface area (Å²) in [6, 6.07) is 4.36. The van der Waals surface area contributed by atoms with E-state index in [0.29, 0.717) is 35.8 Å². The van der Waals surface area contributed by atoms with E-state index in [2.05, 4.69) is 25.9 Å². The molecule has 2 aromatic heterocycles. The summed E-state index contributed by atoms with van der Waals surface area (Å²) >= 11 is 1.47. The first-order valence-corrected chi connectivity index (χ1v) is 8.98. The molecule has 0 saturated heterocycles. The van der Waals surface area contributed by atoms with Crippen LogP contribution in [0.15, 0.2) is 39.6 Å². The molecule has 0 unspecified atom stereocenters. The number of nitrogens with zero attached hydrogens (tertiary/aromatic N) is 1. The fraction of sp³-hybridized carbons (Fsp3) is 0.294. The Kier molecular flexibility index (Phi) is 5.17. The van der Waals surface area contributed by atoms with Crippen molar-refractivity contribution in [2.45, 2.75) is 26.3 Å². The predicted molar refractivity (Wildman–Crippen MR) is 97.7 cm³/mol. The number of nitrogens with one attached hydrogen (secondary N) is 4. The zero-order valence-electron chi connectivity index (χ0n) is 14.4. The number of allylic oxidation sites excluding steroid dienone is 1. The number of aryl methyl sites for hydroxylation is 1. The summed E-state index contributed by atoms with van der Waals surface area (Å²) in [7, 11) is 0. The highest BCUT2D eigenvalue weighted by Crippen LogP contribution is 2.29. The minimum Gasteiger partial charge on any atom is -0.352 e. The third kappa shape index (κ3) is 3.99. The van der Waals surface area contributed by atoms with E-state index in [4.69, 9.17) is 0 Å². The third-order valence-corrected chi connectivity index (χ3v) is 4.86. The van der Waals surface area contributed by atoms with Crippen molar-refractivity contribution in [1.29, 1.82) is 0 Å². The summed E-state index contributed by atoms with van der Waals surface area (Å²) in [6.45, 7) is 3.74. The summed E-state index contributed by atoms with van der Waals surface area (Å²) in [5, 5.41) is 10.2. The maximum Gasteiger partial charge on any atom is 0.319 e. The van der Waals surface area contributed by atoms with E-state index in [1.54, 1.807) is 13.8 Å². The number of hydrogen-bond acceptors (Lipinski definition) is 5. The summed E-state index contributed by atoms with van der Waals surface area (Å²) < 4.78 is 0. The van der Waals surface area contributed by atoms with Gasteiger partial charge in [-0.25, -0.2) is 9.78 Å². The minimum absolute atomic E-state index is 0.214. The standard InChI is InChI=1S/C17H19N5O3S/c1-9-14(15(22-17(25)19-9)12-4-3-7-26-12)16(24)18-6-5-11-8-13(23)21-10(2)20-11/h3-4,7-8,15H,5-6H2,1-2H3,(H,18,24)(H2,19,22,25)(H,20,21,23)/t15-/m1/s1. The Labute approximate surface area is 153 Å². The van der Waals surface area contributed by atoms with Gasteiger partial charge in [0.15, 0.2) is 0 Å². The van der Waals surface area contributed by atoms with Gasteiger partial charge in [0.1, 0.15) is 5.82 Å². The molecule has 0 spiro atoms. The van der Waals surface area contributed by atoms with Crippen LogP contribution in [-0.4, -0.2) is 28.5 Å². The zero-order chi connectivity index (χ0) is 18.7. The van der Waals surface area contributed by atoms with Crippen molar-refractivity contribution in [2.24, 2.45) is 0 Å². The van der Waals surface area contributed by atoms with Gasteiger partial charge >= 0.3 is 6.03 Å². The Morgan fingerprint density at radius 1 is 1.35 bits per heavy atom. The van der Waals surface area contributed by atoms with Crippen LogP contribution in [0.2, 0.25) is 0 Å². The normalized spacial score (nSPS) is 16.8. The Balaban J connectivity index is 1.71. The lowest BCUT2D eigenvalue weighted by Crippen LogP contribution is -2.47. The van der Waals surface area contributed by atoms with E-state index >= 15 is 0 Å². The molecule has 1 aliphatic heterocycles. The van der Waals surface area contributed by atoms with Crippen LogP contribution in [0.1, 0.15) is 29.4 Å². The first-order chi connectivity index (χ1) is 12.4. The second-order valence-corrected chi connectivity index (χ2v) is 6.89. The number of H-pyrrole nitrogens is 1. The molecular formula is C17H19N5O3S. The van der Waals surface area contributed by atoms with Crippen molar-refractivity contribution in [2.75, 3.05) is 6.54 Å². The summed E-state index contributed by atoms with van der Waals surface area (Å²) in [6.07, 6.45) is 0.437. The SMILES string of the molecule is CC1=C(C(=O)NCCc2cc(=O)[nH]c(C)n2)[C@@H](c2cccs2)NC(=O)N1. The largest absolute Gasteiger partial charge is 0.352 e. The molecule has 0 saturated carbocycles. The van der Waals surface area contributed by atoms with Gasteiger partial charge in [-0.15, -0.1) is 11.3 Å². The fourth-order valence-electron chi connectivity index (χ4n) is 2.83. The molecule has 0 aromatic carbocycles. The maximum atomic E-state index is 12.7. The molecule has 1 aliphatic rings. The number of carbonyl (C=O) groups excluding carboxylic acids is 2. The lowest BCUT2D eigenvalue weighted by molar-refractivity contribution is -0.117. The number of hydrogen-bond donors (Lipinski definition) is 4. The predicted octanol–water partition coefficient (Wildman–Crippen LogP) is 1.13. The van der Waals surface area contributed by atoms with Gasteiger partial charge in [0.25, 0.3) is 11.5 Å². The summed E-state index contributed by atoms with van der Waals surface area (Å²) in [4.78, 5) is 43.7. The second kappa shape index (κ2) is 7.52. The molecule has 9 heteroatoms. The zero-order valence-corrected chi connectivity index (χ0v) is 15.2. The molecule has 26 heavy (non-hydrogen) atoms. The van der Waals surface area contributed by atoms with Crippen LogP contribution < -0.4 is 21.5 Å². The Hall–Kier alpha value is -2.94. The average Bonchev–Trinajstić information content (AvgIpc) is 3.07. The van der Waals surface area contributed by atoms with Gasteiger partial charge in [-0.2, -0.15) is 0 Å². The van der Waals surface area contributed by atoms with E-state index in [1.807, 2.05) is 17.5 Å².